The minimum absolute atomic E-state index is 0.0421. The molecule has 11 heteroatoms. The summed E-state index contributed by atoms with van der Waals surface area (Å²) in [5.41, 5.74) is 7.21. The van der Waals surface area contributed by atoms with Crippen LogP contribution in [0.15, 0.2) is 82.7 Å². The molecule has 5 rings (SSSR count). The quantitative estimate of drug-likeness (QED) is 0.272. The van der Waals surface area contributed by atoms with Gasteiger partial charge in [0, 0.05) is 10.6 Å². The molecule has 180 valence electrons. The van der Waals surface area contributed by atoms with Crippen molar-refractivity contribution in [1.29, 1.82) is 0 Å². The number of aromatic nitrogens is 4. The summed E-state index contributed by atoms with van der Waals surface area (Å²) in [6.07, 6.45) is 0. The fraction of sp³-hybridized carbons (Fsp3) is 0.0800. The number of nitrogens with zero attached hydrogens (tertiary/aromatic N) is 4. The van der Waals surface area contributed by atoms with Crippen LogP contribution in [0.5, 0.6) is 0 Å². The molecule has 0 fully saturated rings. The van der Waals surface area contributed by atoms with Crippen LogP contribution in [0.1, 0.15) is 15.9 Å². The molecule has 0 radical (unpaired) electrons. The Morgan fingerprint density at radius 3 is 2.53 bits per heavy atom. The molecule has 0 aliphatic heterocycles. The molecule has 5 aromatic rings. The van der Waals surface area contributed by atoms with Gasteiger partial charge in [-0.25, -0.2) is 4.57 Å². The van der Waals surface area contributed by atoms with Crippen LogP contribution < -0.4 is 16.4 Å². The maximum Gasteiger partial charge on any atom is 0.269 e. The van der Waals surface area contributed by atoms with Crippen molar-refractivity contribution in [3.63, 3.8) is 0 Å². The normalized spacial score (nSPS) is 11.1. The summed E-state index contributed by atoms with van der Waals surface area (Å²) in [5.74, 6) is -0.607. The summed E-state index contributed by atoms with van der Waals surface area (Å²) in [5, 5.41) is 9.96. The van der Waals surface area contributed by atoms with Gasteiger partial charge in [0.1, 0.15) is 0 Å². The Morgan fingerprint density at radius 2 is 1.75 bits per heavy atom. The van der Waals surface area contributed by atoms with Gasteiger partial charge in [0.15, 0.2) is 5.16 Å². The predicted molar refractivity (Wildman–Crippen MR) is 139 cm³/mol. The number of carbonyl (C=O) groups is 2. The number of nitrogens with one attached hydrogen (secondary N) is 2. The summed E-state index contributed by atoms with van der Waals surface area (Å²) >= 11 is 6.97. The van der Waals surface area contributed by atoms with E-state index < -0.39 is 11.8 Å². The van der Waals surface area contributed by atoms with Crippen molar-refractivity contribution in [1.82, 2.24) is 30.0 Å². The number of hydrogen-bond acceptors (Lipinski definition) is 6. The van der Waals surface area contributed by atoms with Gasteiger partial charge in [-0.05, 0) is 61.0 Å². The van der Waals surface area contributed by atoms with Gasteiger partial charge in [0.05, 0.1) is 22.3 Å². The van der Waals surface area contributed by atoms with Crippen molar-refractivity contribution in [3.8, 4) is 5.69 Å². The molecule has 0 spiro atoms. The van der Waals surface area contributed by atoms with Gasteiger partial charge >= 0.3 is 0 Å². The zero-order valence-corrected chi connectivity index (χ0v) is 20.5. The largest absolute Gasteiger partial charge is 0.272 e. The lowest BCUT2D eigenvalue weighted by molar-refractivity contribution is -0.119. The van der Waals surface area contributed by atoms with Gasteiger partial charge in [-0.1, -0.05) is 47.6 Å². The molecule has 0 aliphatic rings. The lowest BCUT2D eigenvalue weighted by Gasteiger charge is -2.12. The number of thioether (sulfide) groups is 1. The van der Waals surface area contributed by atoms with E-state index in [0.29, 0.717) is 38.1 Å². The van der Waals surface area contributed by atoms with Crippen molar-refractivity contribution < 1.29 is 9.59 Å². The smallest absolute Gasteiger partial charge is 0.269 e. The van der Waals surface area contributed by atoms with Gasteiger partial charge in [-0.15, -0.1) is 10.2 Å². The Bertz CT molecular complexity index is 1680. The highest BCUT2D eigenvalue weighted by Gasteiger charge is 2.19. The van der Waals surface area contributed by atoms with Crippen molar-refractivity contribution in [3.05, 3.63) is 99.3 Å². The first-order valence-corrected chi connectivity index (χ1v) is 12.2. The number of aryl methyl sites for hydroxylation is 1. The van der Waals surface area contributed by atoms with E-state index in [1.165, 1.54) is 4.57 Å². The molecule has 0 bridgehead atoms. The van der Waals surface area contributed by atoms with Crippen molar-refractivity contribution in [2.75, 3.05) is 5.75 Å². The van der Waals surface area contributed by atoms with E-state index in [0.717, 1.165) is 17.3 Å². The molecule has 2 aromatic heterocycles. The topological polar surface area (TPSA) is 110 Å². The summed E-state index contributed by atoms with van der Waals surface area (Å²) in [6.45, 7) is 1.95. The lowest BCUT2D eigenvalue weighted by Crippen LogP contribution is -2.42. The number of rotatable bonds is 5. The fourth-order valence-electron chi connectivity index (χ4n) is 3.74. The van der Waals surface area contributed by atoms with E-state index in [1.807, 2.05) is 43.3 Å². The maximum atomic E-state index is 13.4. The van der Waals surface area contributed by atoms with Gasteiger partial charge in [0.2, 0.25) is 11.7 Å². The molecule has 0 saturated carbocycles. The Hall–Kier alpha value is -4.15. The summed E-state index contributed by atoms with van der Waals surface area (Å²) in [6, 6.07) is 21.0. The number of halogens is 1. The van der Waals surface area contributed by atoms with Gasteiger partial charge in [-0.2, -0.15) is 0 Å². The minimum Gasteiger partial charge on any atom is -0.272 e. The van der Waals surface area contributed by atoms with E-state index >= 15 is 0 Å². The van der Waals surface area contributed by atoms with E-state index in [1.54, 1.807) is 40.8 Å². The SMILES string of the molecule is Cc1cccc(-n2c(=O)c3ccccc3n3c(SCC(=O)NNC(=O)c4ccc(Cl)cc4)nnc23)c1. The highest BCUT2D eigenvalue weighted by atomic mass is 35.5. The van der Waals surface area contributed by atoms with Crippen LogP contribution in [0.3, 0.4) is 0 Å². The number of carbonyl (C=O) groups excluding carboxylic acids is 2. The highest BCUT2D eigenvalue weighted by Crippen LogP contribution is 2.23. The summed E-state index contributed by atoms with van der Waals surface area (Å²) in [7, 11) is 0. The average Bonchev–Trinajstić information content (AvgIpc) is 3.30. The van der Waals surface area contributed by atoms with Crippen molar-refractivity contribution in [2.24, 2.45) is 0 Å². The molecule has 0 atom stereocenters. The zero-order valence-electron chi connectivity index (χ0n) is 18.9. The summed E-state index contributed by atoms with van der Waals surface area (Å²) in [4.78, 5) is 38.0. The standard InChI is InChI=1S/C25H19ClN6O3S/c1-15-5-4-6-18(13-15)31-23(35)19-7-2-3-8-20(19)32-24(31)29-30-25(32)36-14-21(33)27-28-22(34)16-9-11-17(26)12-10-16/h2-13H,14H2,1H3,(H,27,33)(H,28,34). The number of para-hydroxylation sites is 1. The van der Waals surface area contributed by atoms with Gasteiger partial charge < -0.3 is 0 Å². The minimum atomic E-state index is -0.467. The third kappa shape index (κ3) is 4.56. The molecule has 3 aromatic carbocycles. The van der Waals surface area contributed by atoms with Crippen LogP contribution in [0.2, 0.25) is 5.02 Å². The average molecular weight is 519 g/mol. The van der Waals surface area contributed by atoms with Crippen molar-refractivity contribution >= 4 is 51.9 Å². The number of hydrogen-bond donors (Lipinski definition) is 2. The molecule has 0 aliphatic carbocycles. The lowest BCUT2D eigenvalue weighted by atomic mass is 10.2. The molecule has 2 amide bonds. The Morgan fingerprint density at radius 1 is 0.972 bits per heavy atom. The number of fused-ring (bicyclic) bond motifs is 3. The molecule has 2 heterocycles. The maximum absolute atomic E-state index is 13.4. The van der Waals surface area contributed by atoms with Crippen LogP contribution in [0.25, 0.3) is 22.4 Å². The molecule has 0 unspecified atom stereocenters. The second-order valence-corrected chi connectivity index (χ2v) is 9.29. The third-order valence-electron chi connectivity index (χ3n) is 5.41. The molecule has 0 saturated heterocycles. The molecule has 9 nitrogen and oxygen atoms in total. The van der Waals surface area contributed by atoms with Crippen LogP contribution in [0.4, 0.5) is 0 Å². The Labute approximate surface area is 214 Å². The monoisotopic (exact) mass is 518 g/mol. The first-order chi connectivity index (χ1) is 17.4. The van der Waals surface area contributed by atoms with Crippen LogP contribution >= 0.6 is 23.4 Å². The third-order valence-corrected chi connectivity index (χ3v) is 6.59. The predicted octanol–water partition coefficient (Wildman–Crippen LogP) is 3.55. The van der Waals surface area contributed by atoms with E-state index in [9.17, 15) is 14.4 Å². The van der Waals surface area contributed by atoms with E-state index in [-0.39, 0.29) is 11.3 Å². The van der Waals surface area contributed by atoms with Gasteiger partial charge in [0.25, 0.3) is 11.5 Å². The highest BCUT2D eigenvalue weighted by molar-refractivity contribution is 7.99. The second-order valence-electron chi connectivity index (χ2n) is 7.91. The molecular formula is C25H19ClN6O3S. The fourth-order valence-corrected chi connectivity index (χ4v) is 4.60. The number of hydrazine groups is 1. The molecule has 36 heavy (non-hydrogen) atoms. The van der Waals surface area contributed by atoms with Gasteiger partial charge in [-0.3, -0.25) is 29.6 Å². The molecular weight excluding hydrogens is 500 g/mol. The number of amides is 2. The van der Waals surface area contributed by atoms with Crippen molar-refractivity contribution in [2.45, 2.75) is 12.1 Å². The summed E-state index contributed by atoms with van der Waals surface area (Å²) < 4.78 is 3.27. The first-order valence-electron chi connectivity index (χ1n) is 10.9. The Balaban J connectivity index is 1.42. The number of benzene rings is 3. The zero-order chi connectivity index (χ0) is 25.2. The Kier molecular flexibility index (Phi) is 6.45. The van der Waals surface area contributed by atoms with Crippen LogP contribution in [-0.2, 0) is 4.79 Å². The molecule has 2 N–H and O–H groups in total. The van der Waals surface area contributed by atoms with Crippen LogP contribution in [-0.4, -0.2) is 36.7 Å². The van der Waals surface area contributed by atoms with E-state index in [4.69, 9.17) is 11.6 Å². The van der Waals surface area contributed by atoms with Crippen LogP contribution in [0, 0.1) is 6.92 Å². The van der Waals surface area contributed by atoms with E-state index in [2.05, 4.69) is 21.0 Å². The first kappa shape index (κ1) is 23.6. The second kappa shape index (κ2) is 9.84.